The molecule has 0 aromatic rings. The predicted octanol–water partition coefficient (Wildman–Crippen LogP) is -0.487. The molecule has 1 fully saturated rings. The van der Waals surface area contributed by atoms with E-state index < -0.39 is 6.04 Å². The van der Waals surface area contributed by atoms with Crippen LogP contribution < -0.4 is 5.73 Å². The number of likely N-dealkylation sites (tertiary alicyclic amines) is 1. The number of nitrogens with two attached hydrogens (primary N) is 1. The fourth-order valence-corrected chi connectivity index (χ4v) is 2.12. The lowest BCUT2D eigenvalue weighted by Crippen LogP contribution is -2.50. The van der Waals surface area contributed by atoms with E-state index in [2.05, 4.69) is 28.6 Å². The molecule has 1 rings (SSSR count). The van der Waals surface area contributed by atoms with E-state index in [1.54, 1.807) is 0 Å². The van der Waals surface area contributed by atoms with Gasteiger partial charge in [0.25, 0.3) is 0 Å². The Kier molecular flexibility index (Phi) is 5.18. The first-order chi connectivity index (χ1) is 7.54. The van der Waals surface area contributed by atoms with Crippen molar-refractivity contribution in [2.75, 3.05) is 40.8 Å². The third-order valence-corrected chi connectivity index (χ3v) is 3.17. The van der Waals surface area contributed by atoms with Gasteiger partial charge in [-0.15, -0.1) is 0 Å². The van der Waals surface area contributed by atoms with Crippen LogP contribution in [0.15, 0.2) is 0 Å². The van der Waals surface area contributed by atoms with Gasteiger partial charge in [0.2, 0.25) is 0 Å². The van der Waals surface area contributed by atoms with Crippen LogP contribution in [0, 0.1) is 0 Å². The second-order valence-electron chi connectivity index (χ2n) is 4.65. The molecule has 5 nitrogen and oxygen atoms in total. The minimum atomic E-state index is -0.522. The summed E-state index contributed by atoms with van der Waals surface area (Å²) in [5, 5.41) is 0. The Bertz CT molecular complexity index is 233. The highest BCUT2D eigenvalue weighted by Crippen LogP contribution is 2.13. The standard InChI is InChI=1S/C11H23N3O2/c1-13(2)9-5-4-6-14(7-9)8-10(12)11(15)16-3/h9-10H,4-8,12H2,1-3H3. The number of rotatable bonds is 4. The van der Waals surface area contributed by atoms with Crippen molar-refractivity contribution < 1.29 is 9.53 Å². The van der Waals surface area contributed by atoms with Gasteiger partial charge in [0.05, 0.1) is 7.11 Å². The van der Waals surface area contributed by atoms with Crippen LogP contribution in [0.5, 0.6) is 0 Å². The van der Waals surface area contributed by atoms with Gasteiger partial charge in [-0.3, -0.25) is 9.69 Å². The maximum atomic E-state index is 11.2. The summed E-state index contributed by atoms with van der Waals surface area (Å²) in [5.41, 5.74) is 5.75. The summed E-state index contributed by atoms with van der Waals surface area (Å²) in [5.74, 6) is -0.327. The van der Waals surface area contributed by atoms with Gasteiger partial charge in [-0.1, -0.05) is 0 Å². The summed E-state index contributed by atoms with van der Waals surface area (Å²) in [6.45, 7) is 2.60. The van der Waals surface area contributed by atoms with Gasteiger partial charge in [-0.2, -0.15) is 0 Å². The quantitative estimate of drug-likeness (QED) is 0.659. The van der Waals surface area contributed by atoms with Crippen LogP contribution in [0.4, 0.5) is 0 Å². The van der Waals surface area contributed by atoms with Crippen molar-refractivity contribution in [1.82, 2.24) is 9.80 Å². The maximum absolute atomic E-state index is 11.2. The number of methoxy groups -OCH3 is 1. The van der Waals surface area contributed by atoms with Crippen LogP contribution in [0.2, 0.25) is 0 Å². The fraction of sp³-hybridized carbons (Fsp3) is 0.909. The average Bonchev–Trinajstić information content (AvgIpc) is 2.28. The van der Waals surface area contributed by atoms with Crippen LogP contribution in [0.1, 0.15) is 12.8 Å². The molecule has 2 unspecified atom stereocenters. The van der Waals surface area contributed by atoms with E-state index in [0.29, 0.717) is 12.6 Å². The van der Waals surface area contributed by atoms with Crippen LogP contribution in [0.25, 0.3) is 0 Å². The van der Waals surface area contributed by atoms with Gasteiger partial charge in [0.15, 0.2) is 0 Å². The van der Waals surface area contributed by atoms with E-state index in [9.17, 15) is 4.79 Å². The lowest BCUT2D eigenvalue weighted by Gasteiger charge is -2.36. The SMILES string of the molecule is COC(=O)C(N)CN1CCCC(N(C)C)C1. The Hall–Kier alpha value is -0.650. The molecule has 1 heterocycles. The van der Waals surface area contributed by atoms with Crippen LogP contribution in [-0.2, 0) is 9.53 Å². The monoisotopic (exact) mass is 229 g/mol. The van der Waals surface area contributed by atoms with E-state index in [0.717, 1.165) is 19.5 Å². The van der Waals surface area contributed by atoms with Crippen LogP contribution in [0.3, 0.4) is 0 Å². The molecule has 0 aromatic heterocycles. The predicted molar refractivity (Wildman–Crippen MR) is 63.1 cm³/mol. The van der Waals surface area contributed by atoms with Gasteiger partial charge in [-0.05, 0) is 33.5 Å². The molecule has 5 heteroatoms. The number of likely N-dealkylation sites (N-methyl/N-ethyl adjacent to an activating group) is 1. The Morgan fingerprint density at radius 3 is 2.88 bits per heavy atom. The van der Waals surface area contributed by atoms with Crippen molar-refractivity contribution in [2.45, 2.75) is 24.9 Å². The lowest BCUT2D eigenvalue weighted by atomic mass is 10.0. The smallest absolute Gasteiger partial charge is 0.323 e. The maximum Gasteiger partial charge on any atom is 0.323 e. The van der Waals surface area contributed by atoms with Gasteiger partial charge >= 0.3 is 5.97 Å². The van der Waals surface area contributed by atoms with E-state index in [1.807, 2.05) is 0 Å². The van der Waals surface area contributed by atoms with Crippen molar-refractivity contribution in [3.05, 3.63) is 0 Å². The number of hydrogen-bond acceptors (Lipinski definition) is 5. The second kappa shape index (κ2) is 6.18. The number of esters is 1. The Morgan fingerprint density at radius 2 is 2.31 bits per heavy atom. The number of carbonyl (C=O) groups is 1. The topological polar surface area (TPSA) is 58.8 Å². The molecule has 16 heavy (non-hydrogen) atoms. The second-order valence-corrected chi connectivity index (χ2v) is 4.65. The number of carbonyl (C=O) groups excluding carboxylic acids is 1. The zero-order chi connectivity index (χ0) is 12.1. The first-order valence-electron chi connectivity index (χ1n) is 5.76. The summed E-state index contributed by atoms with van der Waals surface area (Å²) in [4.78, 5) is 15.7. The number of piperidine rings is 1. The molecule has 0 bridgehead atoms. The molecule has 2 N–H and O–H groups in total. The summed E-state index contributed by atoms with van der Waals surface area (Å²) in [7, 11) is 5.56. The summed E-state index contributed by atoms with van der Waals surface area (Å²) in [6.07, 6.45) is 2.38. The molecule has 0 radical (unpaired) electrons. The molecule has 1 aliphatic heterocycles. The zero-order valence-corrected chi connectivity index (χ0v) is 10.5. The third-order valence-electron chi connectivity index (χ3n) is 3.17. The van der Waals surface area contributed by atoms with E-state index in [-0.39, 0.29) is 5.97 Å². The summed E-state index contributed by atoms with van der Waals surface area (Å²) >= 11 is 0. The minimum absolute atomic E-state index is 0.327. The first-order valence-corrected chi connectivity index (χ1v) is 5.76. The van der Waals surface area contributed by atoms with Gasteiger partial charge in [0.1, 0.15) is 6.04 Å². The van der Waals surface area contributed by atoms with E-state index in [1.165, 1.54) is 13.5 Å². The van der Waals surface area contributed by atoms with Crippen molar-refractivity contribution in [1.29, 1.82) is 0 Å². The lowest BCUT2D eigenvalue weighted by molar-refractivity contribution is -0.142. The highest BCUT2D eigenvalue weighted by atomic mass is 16.5. The number of ether oxygens (including phenoxy) is 1. The van der Waals surface area contributed by atoms with Crippen molar-refractivity contribution >= 4 is 5.97 Å². The largest absolute Gasteiger partial charge is 0.468 e. The van der Waals surface area contributed by atoms with Gasteiger partial charge in [0, 0.05) is 19.1 Å². The van der Waals surface area contributed by atoms with Gasteiger partial charge in [-0.25, -0.2) is 0 Å². The van der Waals surface area contributed by atoms with Crippen LogP contribution in [-0.4, -0.2) is 68.7 Å². The molecular formula is C11H23N3O2. The normalized spacial score (nSPS) is 24.4. The number of hydrogen-bond donors (Lipinski definition) is 1. The highest BCUT2D eigenvalue weighted by molar-refractivity contribution is 5.75. The molecule has 0 aliphatic carbocycles. The van der Waals surface area contributed by atoms with Crippen molar-refractivity contribution in [3.63, 3.8) is 0 Å². The molecular weight excluding hydrogens is 206 g/mol. The van der Waals surface area contributed by atoms with Crippen molar-refractivity contribution in [3.8, 4) is 0 Å². The number of nitrogens with zero attached hydrogens (tertiary/aromatic N) is 2. The van der Waals surface area contributed by atoms with E-state index >= 15 is 0 Å². The summed E-state index contributed by atoms with van der Waals surface area (Å²) in [6, 6.07) is 0.0458. The Labute approximate surface area is 97.5 Å². The Balaban J connectivity index is 2.39. The fourth-order valence-electron chi connectivity index (χ4n) is 2.12. The molecule has 2 atom stereocenters. The molecule has 1 saturated heterocycles. The Morgan fingerprint density at radius 1 is 1.62 bits per heavy atom. The van der Waals surface area contributed by atoms with Crippen LogP contribution >= 0.6 is 0 Å². The summed E-state index contributed by atoms with van der Waals surface area (Å²) < 4.78 is 4.63. The highest BCUT2D eigenvalue weighted by Gasteiger charge is 2.24. The molecule has 0 amide bonds. The molecule has 0 saturated carbocycles. The molecule has 1 aliphatic rings. The molecule has 0 aromatic carbocycles. The van der Waals surface area contributed by atoms with E-state index in [4.69, 9.17) is 5.73 Å². The molecule has 94 valence electrons. The molecule has 0 spiro atoms. The zero-order valence-electron chi connectivity index (χ0n) is 10.5. The minimum Gasteiger partial charge on any atom is -0.468 e. The van der Waals surface area contributed by atoms with Gasteiger partial charge < -0.3 is 15.4 Å². The first kappa shape index (κ1) is 13.4. The third kappa shape index (κ3) is 3.73. The average molecular weight is 229 g/mol. The van der Waals surface area contributed by atoms with Crippen molar-refractivity contribution in [2.24, 2.45) is 5.73 Å².